The Hall–Kier alpha value is -1.32. The van der Waals surface area contributed by atoms with Gasteiger partial charge in [-0.05, 0) is 12.8 Å². The summed E-state index contributed by atoms with van der Waals surface area (Å²) in [5, 5.41) is 2.95. The molecule has 0 aliphatic heterocycles. The first kappa shape index (κ1) is 11.8. The van der Waals surface area contributed by atoms with Crippen molar-refractivity contribution in [2.45, 2.75) is 20.8 Å². The van der Waals surface area contributed by atoms with E-state index >= 15 is 0 Å². The van der Waals surface area contributed by atoms with E-state index in [4.69, 9.17) is 0 Å². The second kappa shape index (κ2) is 4.96. The molecule has 0 spiro atoms. The molecule has 0 radical (unpaired) electrons. The summed E-state index contributed by atoms with van der Waals surface area (Å²) in [6.45, 7) is 7.44. The van der Waals surface area contributed by atoms with E-state index in [0.29, 0.717) is 11.9 Å². The zero-order valence-electron chi connectivity index (χ0n) is 10.2. The van der Waals surface area contributed by atoms with Crippen LogP contribution in [-0.4, -0.2) is 30.6 Å². The van der Waals surface area contributed by atoms with Gasteiger partial charge in [0.15, 0.2) is 0 Å². The number of rotatable bonds is 4. The molecule has 0 fully saturated rings. The Labute approximate surface area is 91.7 Å². The van der Waals surface area contributed by atoms with Crippen molar-refractivity contribution >= 4 is 11.8 Å². The minimum absolute atomic E-state index is 0.627. The van der Waals surface area contributed by atoms with E-state index in [0.717, 1.165) is 17.9 Å². The minimum atomic E-state index is 0.627. The molecular formula is C11H20N4. The SMILES string of the molecule is CNc1ncc(C)c(N(C)CC(C)C)n1. The summed E-state index contributed by atoms with van der Waals surface area (Å²) in [6.07, 6.45) is 1.85. The third kappa shape index (κ3) is 3.08. The predicted octanol–water partition coefficient (Wildman–Crippen LogP) is 1.92. The molecule has 0 saturated heterocycles. The van der Waals surface area contributed by atoms with Crippen molar-refractivity contribution in [2.75, 3.05) is 30.9 Å². The average molecular weight is 208 g/mol. The summed E-state index contributed by atoms with van der Waals surface area (Å²) in [6, 6.07) is 0. The predicted molar refractivity (Wildman–Crippen MR) is 64.4 cm³/mol. The van der Waals surface area contributed by atoms with Crippen molar-refractivity contribution in [1.82, 2.24) is 9.97 Å². The van der Waals surface area contributed by atoms with Gasteiger partial charge in [0.05, 0.1) is 0 Å². The van der Waals surface area contributed by atoms with Gasteiger partial charge in [0.1, 0.15) is 5.82 Å². The van der Waals surface area contributed by atoms with Crippen LogP contribution in [-0.2, 0) is 0 Å². The quantitative estimate of drug-likeness (QED) is 0.820. The highest BCUT2D eigenvalue weighted by molar-refractivity contribution is 5.48. The molecule has 1 heterocycles. The molecule has 1 rings (SSSR count). The molecule has 0 unspecified atom stereocenters. The summed E-state index contributed by atoms with van der Waals surface area (Å²) < 4.78 is 0. The number of hydrogen-bond acceptors (Lipinski definition) is 4. The van der Waals surface area contributed by atoms with Crippen LogP contribution < -0.4 is 10.2 Å². The standard InChI is InChI=1S/C11H20N4/c1-8(2)7-15(5)10-9(3)6-13-11(12-4)14-10/h6,8H,7H2,1-5H3,(H,12,13,14). The molecule has 1 aromatic heterocycles. The van der Waals surface area contributed by atoms with Gasteiger partial charge in [0.25, 0.3) is 0 Å². The van der Waals surface area contributed by atoms with Gasteiger partial charge in [0, 0.05) is 32.4 Å². The maximum Gasteiger partial charge on any atom is 0.224 e. The molecule has 0 amide bonds. The lowest BCUT2D eigenvalue weighted by Gasteiger charge is -2.22. The first-order valence-electron chi connectivity index (χ1n) is 5.27. The van der Waals surface area contributed by atoms with E-state index in [1.165, 1.54) is 0 Å². The van der Waals surface area contributed by atoms with Crippen molar-refractivity contribution in [3.63, 3.8) is 0 Å². The molecular weight excluding hydrogens is 188 g/mol. The lowest BCUT2D eigenvalue weighted by molar-refractivity contribution is 0.633. The Balaban J connectivity index is 2.91. The van der Waals surface area contributed by atoms with E-state index < -0.39 is 0 Å². The Morgan fingerprint density at radius 1 is 1.47 bits per heavy atom. The van der Waals surface area contributed by atoms with Crippen LogP contribution >= 0.6 is 0 Å². The fourth-order valence-corrected chi connectivity index (χ4v) is 1.57. The highest BCUT2D eigenvalue weighted by Crippen LogP contribution is 2.17. The van der Waals surface area contributed by atoms with Gasteiger partial charge in [-0.25, -0.2) is 4.98 Å². The highest BCUT2D eigenvalue weighted by atomic mass is 15.2. The highest BCUT2D eigenvalue weighted by Gasteiger charge is 2.09. The van der Waals surface area contributed by atoms with Gasteiger partial charge >= 0.3 is 0 Å². The zero-order chi connectivity index (χ0) is 11.4. The molecule has 0 aromatic carbocycles. The lowest BCUT2D eigenvalue weighted by atomic mass is 10.2. The largest absolute Gasteiger partial charge is 0.359 e. The van der Waals surface area contributed by atoms with Crippen LogP contribution in [0.4, 0.5) is 11.8 Å². The summed E-state index contributed by atoms with van der Waals surface area (Å²) in [5.74, 6) is 2.30. The van der Waals surface area contributed by atoms with Crippen molar-refractivity contribution in [2.24, 2.45) is 5.92 Å². The van der Waals surface area contributed by atoms with Gasteiger partial charge in [-0.2, -0.15) is 4.98 Å². The van der Waals surface area contributed by atoms with Crippen molar-refractivity contribution in [3.05, 3.63) is 11.8 Å². The Kier molecular flexibility index (Phi) is 3.88. The van der Waals surface area contributed by atoms with Crippen molar-refractivity contribution < 1.29 is 0 Å². The summed E-state index contributed by atoms with van der Waals surface area (Å²) in [4.78, 5) is 10.8. The Bertz CT molecular complexity index is 322. The van der Waals surface area contributed by atoms with Crippen LogP contribution in [0, 0.1) is 12.8 Å². The monoisotopic (exact) mass is 208 g/mol. The molecule has 1 aromatic rings. The molecule has 0 bridgehead atoms. The molecule has 0 aliphatic carbocycles. The number of nitrogens with one attached hydrogen (secondary N) is 1. The zero-order valence-corrected chi connectivity index (χ0v) is 10.2. The van der Waals surface area contributed by atoms with E-state index in [2.05, 4.69) is 41.1 Å². The third-order valence-electron chi connectivity index (χ3n) is 2.17. The molecule has 84 valence electrons. The number of hydrogen-bond donors (Lipinski definition) is 1. The number of aryl methyl sites for hydroxylation is 1. The third-order valence-corrected chi connectivity index (χ3v) is 2.17. The van der Waals surface area contributed by atoms with Gasteiger partial charge < -0.3 is 10.2 Å². The van der Waals surface area contributed by atoms with E-state index in [9.17, 15) is 0 Å². The van der Waals surface area contributed by atoms with Crippen LogP contribution in [0.1, 0.15) is 19.4 Å². The second-order valence-corrected chi connectivity index (χ2v) is 4.22. The van der Waals surface area contributed by atoms with Gasteiger partial charge in [-0.3, -0.25) is 0 Å². The van der Waals surface area contributed by atoms with Gasteiger partial charge in [0.2, 0.25) is 5.95 Å². The van der Waals surface area contributed by atoms with E-state index in [-0.39, 0.29) is 0 Å². The lowest BCUT2D eigenvalue weighted by Crippen LogP contribution is -2.24. The van der Waals surface area contributed by atoms with Crippen molar-refractivity contribution in [1.29, 1.82) is 0 Å². The van der Waals surface area contributed by atoms with Crippen LogP contribution in [0.3, 0.4) is 0 Å². The minimum Gasteiger partial charge on any atom is -0.359 e. The van der Waals surface area contributed by atoms with Gasteiger partial charge in [-0.15, -0.1) is 0 Å². The molecule has 4 nitrogen and oxygen atoms in total. The van der Waals surface area contributed by atoms with E-state index in [1.807, 2.05) is 20.2 Å². The van der Waals surface area contributed by atoms with Crippen LogP contribution in [0.2, 0.25) is 0 Å². The Morgan fingerprint density at radius 3 is 2.67 bits per heavy atom. The number of aromatic nitrogens is 2. The van der Waals surface area contributed by atoms with Gasteiger partial charge in [-0.1, -0.05) is 13.8 Å². The molecule has 15 heavy (non-hydrogen) atoms. The molecule has 0 aliphatic rings. The summed E-state index contributed by atoms with van der Waals surface area (Å²) in [7, 11) is 3.89. The smallest absolute Gasteiger partial charge is 0.224 e. The first-order chi connectivity index (χ1) is 7.04. The summed E-state index contributed by atoms with van der Waals surface area (Å²) in [5.41, 5.74) is 1.11. The topological polar surface area (TPSA) is 41.1 Å². The molecule has 1 N–H and O–H groups in total. The summed E-state index contributed by atoms with van der Waals surface area (Å²) >= 11 is 0. The maximum atomic E-state index is 4.45. The van der Waals surface area contributed by atoms with Crippen LogP contribution in [0.5, 0.6) is 0 Å². The van der Waals surface area contributed by atoms with Crippen LogP contribution in [0.15, 0.2) is 6.20 Å². The normalized spacial score (nSPS) is 10.5. The number of nitrogens with zero attached hydrogens (tertiary/aromatic N) is 3. The second-order valence-electron chi connectivity index (χ2n) is 4.22. The maximum absolute atomic E-state index is 4.45. The van der Waals surface area contributed by atoms with Crippen molar-refractivity contribution in [3.8, 4) is 0 Å². The number of anilines is 2. The molecule has 0 atom stereocenters. The van der Waals surface area contributed by atoms with Crippen LogP contribution in [0.25, 0.3) is 0 Å². The van der Waals surface area contributed by atoms with E-state index in [1.54, 1.807) is 0 Å². The Morgan fingerprint density at radius 2 is 2.13 bits per heavy atom. The fourth-order valence-electron chi connectivity index (χ4n) is 1.57. The molecule has 0 saturated carbocycles. The first-order valence-corrected chi connectivity index (χ1v) is 5.27. The fraction of sp³-hybridized carbons (Fsp3) is 0.636. The average Bonchev–Trinajstić information content (AvgIpc) is 2.17. The molecule has 4 heteroatoms.